The Hall–Kier alpha value is -1.93. The molecule has 2 aromatic rings. The molecule has 3 heterocycles. The quantitative estimate of drug-likeness (QED) is 0.251. The van der Waals surface area contributed by atoms with Crippen LogP contribution in [0.3, 0.4) is 0 Å². The Kier molecular flexibility index (Phi) is 9.73. The molecule has 6 N–H and O–H groups in total. The summed E-state index contributed by atoms with van der Waals surface area (Å²) in [5, 5.41) is 6.73. The first-order chi connectivity index (χ1) is 19.9. The number of halogens is 4. The maximum atomic E-state index is 15.1. The number of carbonyl (C=O) groups excluding carboxylic acids is 1. The van der Waals surface area contributed by atoms with E-state index in [1.807, 2.05) is 0 Å². The molecule has 3 unspecified atom stereocenters. The number of hydrogen-bond donors (Lipinski definition) is 5. The van der Waals surface area contributed by atoms with E-state index < -0.39 is 40.4 Å². The molecule has 5 atom stereocenters. The van der Waals surface area contributed by atoms with Crippen LogP contribution < -0.4 is 16.4 Å². The highest BCUT2D eigenvalue weighted by atomic mass is 35.5. The Morgan fingerprint density at radius 2 is 1.93 bits per heavy atom. The predicted molar refractivity (Wildman–Crippen MR) is 159 cm³/mol. The minimum absolute atomic E-state index is 0.185. The van der Waals surface area contributed by atoms with E-state index >= 15 is 4.39 Å². The van der Waals surface area contributed by atoms with Gasteiger partial charge in [-0.1, -0.05) is 23.7 Å². The Bertz CT molecular complexity index is 1250. The zero-order valence-electron chi connectivity index (χ0n) is 23.3. The Balaban J connectivity index is 1.32. The van der Waals surface area contributed by atoms with Gasteiger partial charge in [0.1, 0.15) is 5.82 Å². The first-order valence-corrected chi connectivity index (χ1v) is 16.6. The van der Waals surface area contributed by atoms with Gasteiger partial charge in [-0.15, -0.1) is 10.8 Å². The summed E-state index contributed by atoms with van der Waals surface area (Å²) in [4.78, 5) is 17.5. The highest BCUT2D eigenvalue weighted by Crippen LogP contribution is 2.49. The second-order valence-electron chi connectivity index (χ2n) is 11.8. The van der Waals surface area contributed by atoms with Crippen LogP contribution in [0.4, 0.5) is 18.9 Å². The smallest absolute Gasteiger partial charge is 0.248 e. The number of benzene rings is 1. The number of alkyl halides is 2. The molecule has 5 rings (SSSR count). The number of nitrogens with zero attached hydrogens (tertiary/aromatic N) is 2. The number of nitrogens with one attached hydrogen (secondary N) is 2. The minimum Gasteiger partial charge on any atom is -0.323 e. The predicted octanol–water partition coefficient (Wildman–Crippen LogP) is 5.78. The largest absolute Gasteiger partial charge is 0.323 e. The van der Waals surface area contributed by atoms with Crippen LogP contribution in [0, 0.1) is 11.7 Å². The number of carbonyl (C=O) groups is 1. The molecule has 232 valence electrons. The molecule has 42 heavy (non-hydrogen) atoms. The summed E-state index contributed by atoms with van der Waals surface area (Å²) in [5.41, 5.74) is 7.71. The number of fused-ring (bicyclic) bond motifs is 2. The molecule has 13 heteroatoms. The van der Waals surface area contributed by atoms with Crippen LogP contribution >= 0.6 is 22.4 Å². The van der Waals surface area contributed by atoms with Gasteiger partial charge in [-0.25, -0.2) is 17.5 Å². The number of amides is 1. The second-order valence-corrected chi connectivity index (χ2v) is 14.4. The van der Waals surface area contributed by atoms with Gasteiger partial charge in [0.15, 0.2) is 0 Å². The van der Waals surface area contributed by atoms with Gasteiger partial charge in [0.05, 0.1) is 29.9 Å². The highest BCUT2D eigenvalue weighted by molar-refractivity contribution is 8.22. The molecule has 2 bridgehead atoms. The average molecular weight is 630 g/mol. The summed E-state index contributed by atoms with van der Waals surface area (Å²) in [5.74, 6) is -4.35. The lowest BCUT2D eigenvalue weighted by molar-refractivity contribution is -0.118. The molecule has 3 fully saturated rings. The molecule has 1 aromatic carbocycles. The van der Waals surface area contributed by atoms with Crippen molar-refractivity contribution < 1.29 is 27.1 Å². The summed E-state index contributed by atoms with van der Waals surface area (Å²) in [6.45, 7) is 1.06. The number of anilines is 1. The van der Waals surface area contributed by atoms with Crippen molar-refractivity contribution in [3.63, 3.8) is 0 Å². The lowest BCUT2D eigenvalue weighted by Gasteiger charge is -2.49. The maximum absolute atomic E-state index is 15.1. The average Bonchev–Trinajstić information content (AvgIpc) is 3.06. The molecule has 1 saturated carbocycles. The van der Waals surface area contributed by atoms with Gasteiger partial charge < -0.3 is 16.4 Å². The summed E-state index contributed by atoms with van der Waals surface area (Å²) >= 11 is 6.07. The first-order valence-electron chi connectivity index (χ1n) is 14.5. The fraction of sp³-hybridized carbons (Fsp3) is 0.586. The molecule has 1 aliphatic carbocycles. The van der Waals surface area contributed by atoms with Crippen LogP contribution in [0.15, 0.2) is 36.7 Å². The van der Waals surface area contributed by atoms with Crippen LogP contribution in [-0.4, -0.2) is 67.2 Å². The molecule has 0 radical (unpaired) electrons. The van der Waals surface area contributed by atoms with Crippen LogP contribution in [0.1, 0.15) is 62.0 Å². The zero-order valence-corrected chi connectivity index (χ0v) is 24.9. The van der Waals surface area contributed by atoms with E-state index in [2.05, 4.69) is 15.6 Å². The normalized spacial score (nSPS) is 27.8. The summed E-state index contributed by atoms with van der Waals surface area (Å²) in [6.07, 6.45) is 4.59. The summed E-state index contributed by atoms with van der Waals surface area (Å²) in [6, 6.07) is 5.76. The summed E-state index contributed by atoms with van der Waals surface area (Å²) in [7, 11) is -2.91. The number of pyridine rings is 1. The molecule has 0 spiro atoms. The van der Waals surface area contributed by atoms with Crippen molar-refractivity contribution in [1.82, 2.24) is 14.6 Å². The van der Waals surface area contributed by atoms with E-state index in [1.54, 1.807) is 28.6 Å². The number of nitrogens with two attached hydrogens (primary N) is 1. The third-order valence-electron chi connectivity index (χ3n) is 9.00. The van der Waals surface area contributed by atoms with Crippen LogP contribution in [0.5, 0.6) is 0 Å². The molecular formula is C29H39ClF3N5O3S. The van der Waals surface area contributed by atoms with Gasteiger partial charge in [0.25, 0.3) is 0 Å². The second kappa shape index (κ2) is 13.0. The molecule has 3 aliphatic rings. The number of hydrogen-bond acceptors (Lipinski definition) is 7. The van der Waals surface area contributed by atoms with E-state index in [-0.39, 0.29) is 61.4 Å². The fourth-order valence-electron chi connectivity index (χ4n) is 6.67. The van der Waals surface area contributed by atoms with E-state index in [0.717, 1.165) is 24.6 Å². The van der Waals surface area contributed by atoms with Crippen molar-refractivity contribution in [1.29, 1.82) is 0 Å². The van der Waals surface area contributed by atoms with Crippen LogP contribution in [-0.2, 0) is 11.2 Å². The Morgan fingerprint density at radius 1 is 1.21 bits per heavy atom. The van der Waals surface area contributed by atoms with Gasteiger partial charge in [0.2, 0.25) is 11.8 Å². The van der Waals surface area contributed by atoms with Gasteiger partial charge in [-0.2, -0.15) is 0 Å². The fourth-order valence-corrected chi connectivity index (χ4v) is 8.66. The monoisotopic (exact) mass is 629 g/mol. The third-order valence-corrected chi connectivity index (χ3v) is 11.3. The van der Waals surface area contributed by atoms with E-state index in [1.165, 1.54) is 6.20 Å². The van der Waals surface area contributed by atoms with Crippen molar-refractivity contribution >= 4 is 34.0 Å². The number of piperazine rings is 1. The lowest BCUT2D eigenvalue weighted by Crippen LogP contribution is -2.55. The molecule has 8 nitrogen and oxygen atoms in total. The van der Waals surface area contributed by atoms with Crippen molar-refractivity contribution in [2.24, 2.45) is 11.7 Å². The summed E-state index contributed by atoms with van der Waals surface area (Å²) < 4.78 is 66.3. The third kappa shape index (κ3) is 7.23. The lowest BCUT2D eigenvalue weighted by atomic mass is 9.72. The van der Waals surface area contributed by atoms with Gasteiger partial charge in [-0.05, 0) is 62.1 Å². The molecule has 1 aromatic heterocycles. The van der Waals surface area contributed by atoms with Crippen molar-refractivity contribution in [2.75, 3.05) is 24.2 Å². The van der Waals surface area contributed by atoms with E-state index in [4.69, 9.17) is 17.3 Å². The van der Waals surface area contributed by atoms with Gasteiger partial charge in [-0.3, -0.25) is 18.9 Å². The highest BCUT2D eigenvalue weighted by Gasteiger charge is 2.42. The molecular weight excluding hydrogens is 591 g/mol. The van der Waals surface area contributed by atoms with Crippen LogP contribution in [0.2, 0.25) is 5.02 Å². The van der Waals surface area contributed by atoms with Crippen molar-refractivity contribution in [3.05, 3.63) is 58.6 Å². The Morgan fingerprint density at radius 3 is 2.64 bits per heavy atom. The van der Waals surface area contributed by atoms with E-state index in [9.17, 15) is 22.7 Å². The topological polar surface area (TPSA) is 124 Å². The molecule has 2 saturated heterocycles. The number of aromatic nitrogens is 1. The number of rotatable bonds is 8. The van der Waals surface area contributed by atoms with Crippen LogP contribution in [0.25, 0.3) is 0 Å². The molecule has 1 amide bonds. The SMILES string of the molecule is N[C@@H](C(=O)Nc1cncc(F)c1CCC1CNC2CCCS(O)(O)N1C2)[C@@H](c1ccc(Cl)cc1)C1CCC(F)(F)CC1. The first kappa shape index (κ1) is 31.5. The van der Waals surface area contributed by atoms with Gasteiger partial charge >= 0.3 is 0 Å². The molecule has 2 aliphatic heterocycles. The standard InChI is InChI=1S/C29H39ClF3N5O3S/c30-20-5-3-18(4-6-20)26(19-9-11-29(32,33)12-10-19)27(34)28(39)37-25-16-35-15-24(31)23(25)8-7-22-14-36-21-2-1-13-42(40,41)38(22)17-21/h3-6,15-16,19,21-22,26-27,36,40-41H,1-2,7-14,17,34H2,(H,37,39)/t21?,22?,26-,27+/m0/s1. The van der Waals surface area contributed by atoms with Crippen molar-refractivity contribution in [3.8, 4) is 0 Å². The Labute approximate surface area is 251 Å². The maximum Gasteiger partial charge on any atom is 0.248 e. The minimum atomic E-state index is -2.91. The van der Waals surface area contributed by atoms with Crippen molar-refractivity contribution in [2.45, 2.75) is 81.3 Å². The van der Waals surface area contributed by atoms with E-state index in [0.29, 0.717) is 30.3 Å². The van der Waals surface area contributed by atoms with Gasteiger partial charge in [0, 0.05) is 54.5 Å². The zero-order chi connectivity index (χ0) is 30.1.